The summed E-state index contributed by atoms with van der Waals surface area (Å²) in [5, 5.41) is 3.03. The second kappa shape index (κ2) is 12.6. The Hall–Kier alpha value is -2.57. The Bertz CT molecular complexity index is 905. The molecule has 0 fully saturated rings. The van der Waals surface area contributed by atoms with Crippen LogP contribution in [0.4, 0.5) is 0 Å². The maximum absolute atomic E-state index is 13.9. The van der Waals surface area contributed by atoms with Crippen molar-refractivity contribution in [3.05, 3.63) is 65.7 Å². The molecule has 7 heteroatoms. The summed E-state index contributed by atoms with van der Waals surface area (Å²) < 4.78 is 6.07. The van der Waals surface area contributed by atoms with Gasteiger partial charge in [0.15, 0.2) is 0 Å². The monoisotopic (exact) mass is 473 g/mol. The fourth-order valence-corrected chi connectivity index (χ4v) is 4.07. The normalized spacial score (nSPS) is 16.3. The molecular formula is C26H36ClN3O3. The molecule has 1 N–H and O–H groups in total. The molecule has 33 heavy (non-hydrogen) atoms. The minimum atomic E-state index is -0.626. The van der Waals surface area contributed by atoms with E-state index in [0.29, 0.717) is 32.5 Å². The minimum absolute atomic E-state index is 0. The Morgan fingerprint density at radius 2 is 1.76 bits per heavy atom. The highest BCUT2D eigenvalue weighted by Crippen LogP contribution is 2.26. The van der Waals surface area contributed by atoms with Gasteiger partial charge in [0, 0.05) is 31.5 Å². The van der Waals surface area contributed by atoms with Crippen LogP contribution in [0.2, 0.25) is 0 Å². The first-order chi connectivity index (χ1) is 15.3. The number of hydrogen-bond acceptors (Lipinski definition) is 4. The molecule has 0 saturated heterocycles. The number of likely N-dealkylation sites (N-methyl/N-ethyl adjacent to an activating group) is 1. The first-order valence-electron chi connectivity index (χ1n) is 11.3. The van der Waals surface area contributed by atoms with Gasteiger partial charge < -0.3 is 19.9 Å². The number of amides is 2. The van der Waals surface area contributed by atoms with Crippen LogP contribution in [-0.2, 0) is 22.6 Å². The number of nitrogens with one attached hydrogen (secondary N) is 1. The number of para-hydroxylation sites is 1. The standard InChI is InChI=1S/C26H35N3O3.ClH/c1-19(2)14-25(30)27-23(15-20-10-6-5-7-11-20)26(31)29-16-21-12-8-9-13-24(21)32-18-22(29)17-28(3)4;/h5-13,19,22-23H,14-18H2,1-4H3,(H,27,30);1H. The van der Waals surface area contributed by atoms with Crippen LogP contribution in [0.25, 0.3) is 0 Å². The van der Waals surface area contributed by atoms with E-state index in [0.717, 1.165) is 16.9 Å². The van der Waals surface area contributed by atoms with Crippen molar-refractivity contribution in [1.82, 2.24) is 15.1 Å². The zero-order chi connectivity index (χ0) is 23.1. The summed E-state index contributed by atoms with van der Waals surface area (Å²) in [4.78, 5) is 30.5. The van der Waals surface area contributed by atoms with Gasteiger partial charge in [-0.3, -0.25) is 9.59 Å². The Balaban J connectivity index is 0.00000385. The third kappa shape index (κ3) is 7.76. The van der Waals surface area contributed by atoms with Gasteiger partial charge in [0.25, 0.3) is 0 Å². The van der Waals surface area contributed by atoms with Crippen LogP contribution in [0.3, 0.4) is 0 Å². The third-order valence-electron chi connectivity index (χ3n) is 5.55. The molecule has 1 aliphatic heterocycles. The van der Waals surface area contributed by atoms with Crippen molar-refractivity contribution in [2.45, 2.75) is 45.3 Å². The van der Waals surface area contributed by atoms with E-state index in [1.165, 1.54) is 0 Å². The molecule has 180 valence electrons. The lowest BCUT2D eigenvalue weighted by molar-refractivity contribution is -0.139. The second-order valence-electron chi connectivity index (χ2n) is 9.21. The van der Waals surface area contributed by atoms with E-state index in [9.17, 15) is 9.59 Å². The number of carbonyl (C=O) groups excluding carboxylic acids is 2. The quantitative estimate of drug-likeness (QED) is 0.637. The number of nitrogens with zero attached hydrogens (tertiary/aromatic N) is 2. The topological polar surface area (TPSA) is 61.9 Å². The van der Waals surface area contributed by atoms with Crippen LogP contribution < -0.4 is 10.1 Å². The number of ether oxygens (including phenoxy) is 1. The van der Waals surface area contributed by atoms with Crippen LogP contribution in [-0.4, -0.2) is 60.9 Å². The van der Waals surface area contributed by atoms with Gasteiger partial charge in [0.1, 0.15) is 18.4 Å². The van der Waals surface area contributed by atoms with Crippen LogP contribution in [0.1, 0.15) is 31.4 Å². The van der Waals surface area contributed by atoms with E-state index in [4.69, 9.17) is 4.74 Å². The van der Waals surface area contributed by atoms with Crippen LogP contribution in [0, 0.1) is 5.92 Å². The summed E-state index contributed by atoms with van der Waals surface area (Å²) in [6.45, 7) is 5.56. The molecule has 2 aromatic carbocycles. The predicted octanol–water partition coefficient (Wildman–Crippen LogP) is 3.53. The van der Waals surface area contributed by atoms with Gasteiger partial charge in [-0.1, -0.05) is 62.4 Å². The summed E-state index contributed by atoms with van der Waals surface area (Å²) in [6, 6.07) is 17.0. The van der Waals surface area contributed by atoms with Crippen LogP contribution in [0.5, 0.6) is 5.75 Å². The van der Waals surface area contributed by atoms with Crippen LogP contribution in [0.15, 0.2) is 54.6 Å². The second-order valence-corrected chi connectivity index (χ2v) is 9.21. The predicted molar refractivity (Wildman–Crippen MR) is 134 cm³/mol. The Morgan fingerprint density at radius 3 is 2.42 bits per heavy atom. The third-order valence-corrected chi connectivity index (χ3v) is 5.55. The van der Waals surface area contributed by atoms with Crippen molar-refractivity contribution in [3.8, 4) is 5.75 Å². The average Bonchev–Trinajstić information content (AvgIpc) is 2.92. The summed E-state index contributed by atoms with van der Waals surface area (Å²) in [6.07, 6.45) is 0.850. The maximum atomic E-state index is 13.9. The molecule has 0 aromatic heterocycles. The molecule has 2 amide bonds. The molecule has 2 atom stereocenters. The van der Waals surface area contributed by atoms with Crippen molar-refractivity contribution in [2.75, 3.05) is 27.2 Å². The van der Waals surface area contributed by atoms with E-state index in [1.54, 1.807) is 0 Å². The zero-order valence-corrected chi connectivity index (χ0v) is 20.8. The lowest BCUT2D eigenvalue weighted by Gasteiger charge is -2.34. The highest BCUT2D eigenvalue weighted by Gasteiger charge is 2.34. The molecule has 0 radical (unpaired) electrons. The molecule has 6 nitrogen and oxygen atoms in total. The SMILES string of the molecule is CC(C)CC(=O)NC(Cc1ccccc1)C(=O)N1Cc2ccccc2OCC1CN(C)C.Cl. The fraction of sp³-hybridized carbons (Fsp3) is 0.462. The van der Waals surface area contributed by atoms with Gasteiger partial charge in [0.05, 0.1) is 6.04 Å². The number of benzene rings is 2. The largest absolute Gasteiger partial charge is 0.491 e. The smallest absolute Gasteiger partial charge is 0.246 e. The first-order valence-corrected chi connectivity index (χ1v) is 11.3. The molecule has 1 heterocycles. The Morgan fingerprint density at radius 1 is 1.09 bits per heavy atom. The number of carbonyl (C=O) groups is 2. The Labute approximate surface area is 203 Å². The Kier molecular flexibility index (Phi) is 10.2. The summed E-state index contributed by atoms with van der Waals surface area (Å²) >= 11 is 0. The lowest BCUT2D eigenvalue weighted by atomic mass is 10.0. The van der Waals surface area contributed by atoms with Crippen molar-refractivity contribution in [3.63, 3.8) is 0 Å². The molecule has 0 bridgehead atoms. The highest BCUT2D eigenvalue weighted by atomic mass is 35.5. The molecule has 0 spiro atoms. The molecule has 2 aromatic rings. The molecular weight excluding hydrogens is 438 g/mol. The molecule has 2 unspecified atom stereocenters. The molecule has 3 rings (SSSR count). The van der Waals surface area contributed by atoms with E-state index < -0.39 is 6.04 Å². The number of fused-ring (bicyclic) bond motifs is 1. The lowest BCUT2D eigenvalue weighted by Crippen LogP contribution is -2.55. The maximum Gasteiger partial charge on any atom is 0.246 e. The van der Waals surface area contributed by atoms with Crippen molar-refractivity contribution in [2.24, 2.45) is 5.92 Å². The van der Waals surface area contributed by atoms with Gasteiger partial charge in [-0.2, -0.15) is 0 Å². The minimum Gasteiger partial charge on any atom is -0.491 e. The summed E-state index contributed by atoms with van der Waals surface area (Å²) in [5.74, 6) is 0.875. The molecule has 0 aliphatic carbocycles. The number of halogens is 1. The summed E-state index contributed by atoms with van der Waals surface area (Å²) in [5.41, 5.74) is 2.00. The van der Waals surface area contributed by atoms with Gasteiger partial charge in [-0.05, 0) is 31.6 Å². The summed E-state index contributed by atoms with van der Waals surface area (Å²) in [7, 11) is 3.99. The highest BCUT2D eigenvalue weighted by molar-refractivity contribution is 5.88. The van der Waals surface area contributed by atoms with Gasteiger partial charge in [-0.25, -0.2) is 0 Å². The van der Waals surface area contributed by atoms with E-state index in [1.807, 2.05) is 87.4 Å². The number of hydrogen-bond donors (Lipinski definition) is 1. The van der Waals surface area contributed by atoms with Gasteiger partial charge >= 0.3 is 0 Å². The molecule has 0 saturated carbocycles. The van der Waals surface area contributed by atoms with E-state index in [-0.39, 0.29) is 36.2 Å². The van der Waals surface area contributed by atoms with Gasteiger partial charge in [0.2, 0.25) is 11.8 Å². The van der Waals surface area contributed by atoms with E-state index in [2.05, 4.69) is 10.2 Å². The first kappa shape index (κ1) is 26.7. The van der Waals surface area contributed by atoms with Crippen LogP contribution >= 0.6 is 12.4 Å². The van der Waals surface area contributed by atoms with Crippen molar-refractivity contribution >= 4 is 24.2 Å². The van der Waals surface area contributed by atoms with Gasteiger partial charge in [-0.15, -0.1) is 12.4 Å². The fourth-order valence-electron chi connectivity index (χ4n) is 4.07. The van der Waals surface area contributed by atoms with Crippen molar-refractivity contribution in [1.29, 1.82) is 0 Å². The zero-order valence-electron chi connectivity index (χ0n) is 20.0. The van der Waals surface area contributed by atoms with Crippen molar-refractivity contribution < 1.29 is 14.3 Å². The number of rotatable bonds is 8. The van der Waals surface area contributed by atoms with E-state index >= 15 is 0 Å². The molecule has 1 aliphatic rings. The average molecular weight is 474 g/mol.